The molecule has 1 N–H and O–H groups in total. The van der Waals surface area contributed by atoms with E-state index in [2.05, 4.69) is 24.1 Å². The molecular weight excluding hydrogens is 386 g/mol. The van der Waals surface area contributed by atoms with Gasteiger partial charge in [-0.1, -0.05) is 39.8 Å². The fourth-order valence-electron chi connectivity index (χ4n) is 4.21. The topological polar surface area (TPSA) is 69.7 Å². The SMILES string of the molecule is CCN(CC)S(=O)(=O)c1ccc(CCC(=O)NCCN2CC(C)CC(C)C2)cc1. The average Bonchev–Trinajstić information content (AvgIpc) is 2.66. The van der Waals surface area contributed by atoms with Crippen LogP contribution in [-0.4, -0.2) is 62.8 Å². The number of hydrogen-bond donors (Lipinski definition) is 1. The van der Waals surface area contributed by atoms with Gasteiger partial charge >= 0.3 is 0 Å². The minimum absolute atomic E-state index is 0.0444. The van der Waals surface area contributed by atoms with E-state index >= 15 is 0 Å². The van der Waals surface area contributed by atoms with E-state index in [1.54, 1.807) is 24.3 Å². The Balaban J connectivity index is 1.76. The first-order valence-corrected chi connectivity index (χ1v) is 12.3. The Morgan fingerprint density at radius 1 is 1.10 bits per heavy atom. The zero-order valence-electron chi connectivity index (χ0n) is 18.4. The van der Waals surface area contributed by atoms with Gasteiger partial charge in [0.15, 0.2) is 0 Å². The van der Waals surface area contributed by atoms with Gasteiger partial charge in [0.25, 0.3) is 0 Å². The summed E-state index contributed by atoms with van der Waals surface area (Å²) in [4.78, 5) is 14.9. The summed E-state index contributed by atoms with van der Waals surface area (Å²) in [5.41, 5.74) is 0.970. The molecule has 29 heavy (non-hydrogen) atoms. The fraction of sp³-hybridized carbons (Fsp3) is 0.682. The zero-order valence-corrected chi connectivity index (χ0v) is 19.2. The lowest BCUT2D eigenvalue weighted by molar-refractivity contribution is -0.121. The van der Waals surface area contributed by atoms with Gasteiger partial charge < -0.3 is 10.2 Å². The number of carbonyl (C=O) groups is 1. The first-order chi connectivity index (χ1) is 13.8. The maximum absolute atomic E-state index is 12.5. The van der Waals surface area contributed by atoms with Crippen LogP contribution in [0.1, 0.15) is 46.1 Å². The lowest BCUT2D eigenvalue weighted by atomic mass is 9.92. The first-order valence-electron chi connectivity index (χ1n) is 10.8. The van der Waals surface area contributed by atoms with E-state index in [1.807, 2.05) is 13.8 Å². The number of hydrogen-bond acceptors (Lipinski definition) is 4. The smallest absolute Gasteiger partial charge is 0.243 e. The minimum atomic E-state index is -3.43. The van der Waals surface area contributed by atoms with Crippen LogP contribution in [0, 0.1) is 11.8 Å². The summed E-state index contributed by atoms with van der Waals surface area (Å²) >= 11 is 0. The number of nitrogens with one attached hydrogen (secondary N) is 1. The van der Waals surface area contributed by atoms with Crippen LogP contribution < -0.4 is 5.32 Å². The molecule has 1 aliphatic heterocycles. The molecule has 1 aromatic rings. The van der Waals surface area contributed by atoms with E-state index in [4.69, 9.17) is 0 Å². The van der Waals surface area contributed by atoms with Crippen molar-refractivity contribution in [1.29, 1.82) is 0 Å². The van der Waals surface area contributed by atoms with Crippen LogP contribution in [-0.2, 0) is 21.2 Å². The molecule has 1 aromatic carbocycles. The normalized spacial score (nSPS) is 20.7. The summed E-state index contributed by atoms with van der Waals surface area (Å²) in [6, 6.07) is 6.89. The number of likely N-dealkylation sites (tertiary alicyclic amines) is 1. The summed E-state index contributed by atoms with van der Waals surface area (Å²) in [7, 11) is -3.43. The molecule has 2 rings (SSSR count). The predicted molar refractivity (Wildman–Crippen MR) is 117 cm³/mol. The lowest BCUT2D eigenvalue weighted by Crippen LogP contribution is -2.42. The van der Waals surface area contributed by atoms with Gasteiger partial charge in [0.2, 0.25) is 15.9 Å². The van der Waals surface area contributed by atoms with E-state index in [-0.39, 0.29) is 5.91 Å². The summed E-state index contributed by atoms with van der Waals surface area (Å²) < 4.78 is 26.5. The number of sulfonamides is 1. The van der Waals surface area contributed by atoms with Crippen molar-refractivity contribution < 1.29 is 13.2 Å². The molecule has 0 aromatic heterocycles. The molecule has 1 saturated heterocycles. The Morgan fingerprint density at radius 3 is 2.24 bits per heavy atom. The number of rotatable bonds is 10. The lowest BCUT2D eigenvalue weighted by Gasteiger charge is -2.34. The van der Waals surface area contributed by atoms with Gasteiger partial charge in [0.1, 0.15) is 0 Å². The highest BCUT2D eigenvalue weighted by Crippen LogP contribution is 2.20. The number of piperidine rings is 1. The number of aryl methyl sites for hydroxylation is 1. The van der Waals surface area contributed by atoms with Gasteiger partial charge in [-0.3, -0.25) is 4.79 Å². The van der Waals surface area contributed by atoms with Crippen LogP contribution >= 0.6 is 0 Å². The molecule has 1 aliphatic rings. The number of benzene rings is 1. The maximum Gasteiger partial charge on any atom is 0.243 e. The summed E-state index contributed by atoms with van der Waals surface area (Å²) in [5.74, 6) is 1.49. The predicted octanol–water partition coefficient (Wildman–Crippen LogP) is 2.74. The Kier molecular flexibility index (Phi) is 9.11. The second-order valence-electron chi connectivity index (χ2n) is 8.29. The monoisotopic (exact) mass is 423 g/mol. The maximum atomic E-state index is 12.5. The largest absolute Gasteiger partial charge is 0.355 e. The molecule has 0 saturated carbocycles. The van der Waals surface area contributed by atoms with Crippen LogP contribution in [0.3, 0.4) is 0 Å². The minimum Gasteiger partial charge on any atom is -0.355 e. The van der Waals surface area contributed by atoms with Crippen molar-refractivity contribution in [3.8, 4) is 0 Å². The molecule has 0 aliphatic carbocycles. The number of carbonyl (C=O) groups excluding carboxylic acids is 1. The second-order valence-corrected chi connectivity index (χ2v) is 10.2. The summed E-state index contributed by atoms with van der Waals surface area (Å²) in [6.45, 7) is 13.0. The van der Waals surface area contributed by atoms with E-state index in [0.717, 1.165) is 37.0 Å². The molecule has 164 valence electrons. The van der Waals surface area contributed by atoms with E-state index in [0.29, 0.717) is 37.4 Å². The quantitative estimate of drug-likeness (QED) is 0.628. The standard InChI is InChI=1S/C22H37N3O3S/c1-5-25(6-2)29(27,28)21-10-7-20(8-11-21)9-12-22(26)23-13-14-24-16-18(3)15-19(4)17-24/h7-8,10-11,18-19H,5-6,9,12-17H2,1-4H3,(H,23,26). The molecule has 0 radical (unpaired) electrons. The van der Waals surface area contributed by atoms with Crippen molar-refractivity contribution in [3.63, 3.8) is 0 Å². The van der Waals surface area contributed by atoms with Gasteiger partial charge in [0.05, 0.1) is 4.90 Å². The van der Waals surface area contributed by atoms with Crippen LogP contribution in [0.4, 0.5) is 0 Å². The van der Waals surface area contributed by atoms with Crippen molar-refractivity contribution >= 4 is 15.9 Å². The molecule has 6 nitrogen and oxygen atoms in total. The summed E-state index contributed by atoms with van der Waals surface area (Å²) in [5, 5.41) is 3.01. The first kappa shape index (κ1) is 23.8. The van der Waals surface area contributed by atoms with Crippen LogP contribution in [0.15, 0.2) is 29.2 Å². The highest BCUT2D eigenvalue weighted by Gasteiger charge is 2.22. The highest BCUT2D eigenvalue weighted by molar-refractivity contribution is 7.89. The highest BCUT2D eigenvalue weighted by atomic mass is 32.2. The third-order valence-electron chi connectivity index (χ3n) is 5.60. The average molecular weight is 424 g/mol. The Bertz CT molecular complexity index is 735. The Labute approximate surface area is 176 Å². The molecule has 2 atom stereocenters. The molecule has 0 spiro atoms. The Morgan fingerprint density at radius 2 is 1.69 bits per heavy atom. The molecule has 1 heterocycles. The van der Waals surface area contributed by atoms with Crippen molar-refractivity contribution in [2.24, 2.45) is 11.8 Å². The third kappa shape index (κ3) is 7.08. The van der Waals surface area contributed by atoms with E-state index < -0.39 is 10.0 Å². The Hall–Kier alpha value is -1.44. The molecule has 0 bridgehead atoms. The summed E-state index contributed by atoms with van der Waals surface area (Å²) in [6.07, 6.45) is 2.31. The third-order valence-corrected chi connectivity index (χ3v) is 7.67. The molecule has 1 amide bonds. The molecule has 2 unspecified atom stereocenters. The van der Waals surface area contributed by atoms with Crippen LogP contribution in [0.5, 0.6) is 0 Å². The second kappa shape index (κ2) is 11.1. The van der Waals surface area contributed by atoms with Gasteiger partial charge in [-0.25, -0.2) is 8.42 Å². The fourth-order valence-corrected chi connectivity index (χ4v) is 5.67. The van der Waals surface area contributed by atoms with Crippen LogP contribution in [0.2, 0.25) is 0 Å². The van der Waals surface area contributed by atoms with E-state index in [9.17, 15) is 13.2 Å². The van der Waals surface area contributed by atoms with Crippen molar-refractivity contribution in [2.75, 3.05) is 39.3 Å². The van der Waals surface area contributed by atoms with Crippen molar-refractivity contribution in [2.45, 2.75) is 51.9 Å². The zero-order chi connectivity index (χ0) is 21.4. The van der Waals surface area contributed by atoms with Crippen molar-refractivity contribution in [1.82, 2.24) is 14.5 Å². The van der Waals surface area contributed by atoms with Gasteiger partial charge in [0, 0.05) is 45.7 Å². The number of amides is 1. The van der Waals surface area contributed by atoms with Gasteiger partial charge in [-0.05, 0) is 42.4 Å². The molecular formula is C22H37N3O3S. The number of nitrogens with zero attached hydrogens (tertiary/aromatic N) is 2. The van der Waals surface area contributed by atoms with Gasteiger partial charge in [-0.15, -0.1) is 0 Å². The van der Waals surface area contributed by atoms with Gasteiger partial charge in [-0.2, -0.15) is 4.31 Å². The van der Waals surface area contributed by atoms with Crippen molar-refractivity contribution in [3.05, 3.63) is 29.8 Å². The van der Waals surface area contributed by atoms with E-state index in [1.165, 1.54) is 10.7 Å². The molecule has 1 fully saturated rings. The molecule has 7 heteroatoms. The van der Waals surface area contributed by atoms with Crippen LogP contribution in [0.25, 0.3) is 0 Å².